The molecule has 0 radical (unpaired) electrons. The molecule has 76 heavy (non-hydrogen) atoms. The highest BCUT2D eigenvalue weighted by Crippen LogP contribution is 2.45. The van der Waals surface area contributed by atoms with E-state index >= 15 is 0 Å². The summed E-state index contributed by atoms with van der Waals surface area (Å²) >= 11 is 6.85. The number of ether oxygens (including phenoxy) is 1. The molecule has 4 aromatic heterocycles. The maximum absolute atomic E-state index is 13.7. The van der Waals surface area contributed by atoms with Gasteiger partial charge in [-0.05, 0) is 142 Å². The number of aliphatic hydroxyl groups is 1. The van der Waals surface area contributed by atoms with Crippen LogP contribution in [0.15, 0.2) is 129 Å². The second kappa shape index (κ2) is 22.6. The van der Waals surface area contributed by atoms with Crippen molar-refractivity contribution in [3.63, 3.8) is 0 Å². The number of likely N-dealkylation sites (N-methyl/N-ethyl adjacent to an activating group) is 3. The van der Waals surface area contributed by atoms with Gasteiger partial charge in [-0.1, -0.05) is 73.3 Å². The number of esters is 1. The lowest BCUT2D eigenvalue weighted by Crippen LogP contribution is -2.44. The van der Waals surface area contributed by atoms with Gasteiger partial charge < -0.3 is 49.6 Å². The number of hydrogen-bond donors (Lipinski definition) is 4. The van der Waals surface area contributed by atoms with Crippen molar-refractivity contribution in [2.45, 2.75) is 46.6 Å². The minimum atomic E-state index is -0.997. The average molecular weight is 1040 g/mol. The molecule has 1 fully saturated rings. The molecule has 4 aromatic carbocycles. The number of benzene rings is 4. The Balaban J connectivity index is 1.25. The van der Waals surface area contributed by atoms with Gasteiger partial charge in [-0.2, -0.15) is 0 Å². The van der Waals surface area contributed by atoms with Crippen molar-refractivity contribution in [3.05, 3.63) is 156 Å². The number of aliphatic hydroxyl groups excluding tert-OH is 1. The maximum Gasteiger partial charge on any atom is 0.339 e. The monoisotopic (exact) mass is 1040 g/mol. The van der Waals surface area contributed by atoms with E-state index < -0.39 is 12.2 Å². The second-order valence-electron chi connectivity index (χ2n) is 20.2. The van der Waals surface area contributed by atoms with Crippen LogP contribution in [0.4, 0.5) is 22.7 Å². The number of nitrogens with zero attached hydrogens (tertiary/aromatic N) is 7. The van der Waals surface area contributed by atoms with Crippen molar-refractivity contribution in [3.8, 4) is 44.8 Å². The third-order valence-corrected chi connectivity index (χ3v) is 14.6. The number of H-pyrrole nitrogens is 1. The molecule has 0 spiro atoms. The number of nitrogens with one attached hydrogen (secondary N) is 3. The first-order chi connectivity index (χ1) is 36.5. The van der Waals surface area contributed by atoms with Crippen LogP contribution in [0.25, 0.3) is 66.8 Å². The first-order valence-corrected chi connectivity index (χ1v) is 26.0. The van der Waals surface area contributed by atoms with E-state index in [1.165, 1.54) is 17.8 Å². The number of halogens is 1. The number of aromatic amines is 1. The summed E-state index contributed by atoms with van der Waals surface area (Å²) in [5.41, 5.74) is 14.5. The van der Waals surface area contributed by atoms with Crippen LogP contribution in [-0.2, 0) is 16.1 Å². The molecule has 14 nitrogen and oxygen atoms in total. The van der Waals surface area contributed by atoms with E-state index in [0.29, 0.717) is 38.6 Å². The molecule has 1 atom stereocenters. The lowest BCUT2D eigenvalue weighted by molar-refractivity contribution is -0.111. The summed E-state index contributed by atoms with van der Waals surface area (Å²) in [7, 11) is 8.37. The van der Waals surface area contributed by atoms with Crippen LogP contribution in [0, 0.1) is 13.8 Å². The van der Waals surface area contributed by atoms with E-state index in [4.69, 9.17) is 26.3 Å². The topological polar surface area (TPSA) is 147 Å². The molecule has 1 aliphatic heterocycles. The van der Waals surface area contributed by atoms with Gasteiger partial charge >= 0.3 is 5.97 Å². The fourth-order valence-electron chi connectivity index (χ4n) is 9.90. The number of carbonyl (C=O) groups is 2. The van der Waals surface area contributed by atoms with Crippen LogP contribution >= 0.6 is 11.6 Å². The molecule has 0 aliphatic carbocycles. The number of aromatic nitrogens is 4. The molecule has 8 aromatic rings. The normalized spacial score (nSPS) is 13.4. The smallest absolute Gasteiger partial charge is 0.339 e. The third kappa shape index (κ3) is 11.1. The quantitative estimate of drug-likeness (QED) is 0.0282. The number of anilines is 4. The Morgan fingerprint density at radius 2 is 1.51 bits per heavy atom. The van der Waals surface area contributed by atoms with Crippen molar-refractivity contribution in [1.82, 2.24) is 29.3 Å². The van der Waals surface area contributed by atoms with Crippen molar-refractivity contribution < 1.29 is 19.4 Å². The van der Waals surface area contributed by atoms with E-state index in [1.807, 2.05) is 64.1 Å². The number of piperazine rings is 1. The molecule has 1 aliphatic rings. The van der Waals surface area contributed by atoms with E-state index in [-0.39, 0.29) is 18.6 Å². The molecule has 9 rings (SSSR count). The summed E-state index contributed by atoms with van der Waals surface area (Å²) in [5.74, 6) is -0.868. The van der Waals surface area contributed by atoms with Crippen LogP contribution in [0.2, 0.25) is 5.02 Å². The lowest BCUT2D eigenvalue weighted by Gasteiger charge is -2.34. The minimum Gasteiger partial charge on any atom is -0.459 e. The van der Waals surface area contributed by atoms with Crippen LogP contribution in [0.5, 0.6) is 0 Å². The van der Waals surface area contributed by atoms with Gasteiger partial charge in [0.15, 0.2) is 0 Å². The average Bonchev–Trinajstić information content (AvgIpc) is 4.00. The van der Waals surface area contributed by atoms with E-state index in [2.05, 4.69) is 136 Å². The molecule has 0 saturated carbocycles. The molecule has 392 valence electrons. The number of pyridine rings is 2. The Morgan fingerprint density at radius 1 is 0.842 bits per heavy atom. The van der Waals surface area contributed by atoms with E-state index in [1.54, 1.807) is 12.4 Å². The third-order valence-electron chi connectivity index (χ3n) is 14.2. The van der Waals surface area contributed by atoms with Crippen LogP contribution in [0.3, 0.4) is 0 Å². The Hall–Kier alpha value is -7.75. The predicted octanol–water partition coefficient (Wildman–Crippen LogP) is 11.3. The van der Waals surface area contributed by atoms with Gasteiger partial charge in [-0.3, -0.25) is 4.79 Å². The number of carbonyl (C=O) groups excluding carboxylic acids is 2. The van der Waals surface area contributed by atoms with Gasteiger partial charge in [0.05, 0.1) is 34.6 Å². The number of rotatable bonds is 18. The van der Waals surface area contributed by atoms with Gasteiger partial charge in [0.2, 0.25) is 5.91 Å². The number of fused-ring (bicyclic) bond motifs is 2. The largest absolute Gasteiger partial charge is 0.459 e. The molecular formula is C61H67ClN10O4. The Bertz CT molecular complexity index is 3460. The summed E-state index contributed by atoms with van der Waals surface area (Å²) in [6.45, 7) is 21.1. The van der Waals surface area contributed by atoms with Crippen molar-refractivity contribution in [2.75, 3.05) is 87.9 Å². The van der Waals surface area contributed by atoms with E-state index in [9.17, 15) is 14.7 Å². The van der Waals surface area contributed by atoms with Crippen LogP contribution < -0.4 is 20.4 Å². The summed E-state index contributed by atoms with van der Waals surface area (Å²) in [6.07, 6.45) is 4.58. The fraction of sp³-hybridized carbons (Fsp3) is 0.279. The molecule has 4 N–H and O–H groups in total. The highest BCUT2D eigenvalue weighted by molar-refractivity contribution is 6.32. The zero-order valence-electron chi connectivity index (χ0n) is 44.7. The number of hydrogen-bond acceptors (Lipinski definition) is 11. The zero-order valence-corrected chi connectivity index (χ0v) is 45.4. The van der Waals surface area contributed by atoms with Gasteiger partial charge in [0.25, 0.3) is 0 Å². The van der Waals surface area contributed by atoms with Crippen molar-refractivity contribution >= 4 is 68.3 Å². The lowest BCUT2D eigenvalue weighted by atomic mass is 9.95. The predicted molar refractivity (Wildman–Crippen MR) is 312 cm³/mol. The Morgan fingerprint density at radius 3 is 2.20 bits per heavy atom. The highest BCUT2D eigenvalue weighted by atomic mass is 35.5. The maximum atomic E-state index is 13.7. The Kier molecular flexibility index (Phi) is 15.8. The summed E-state index contributed by atoms with van der Waals surface area (Å²) in [6, 6.07) is 31.1. The summed E-state index contributed by atoms with van der Waals surface area (Å²) in [4.78, 5) is 49.9. The molecule has 5 heterocycles. The minimum absolute atomic E-state index is 0.235. The number of aryl methyl sites for hydroxylation is 2. The summed E-state index contributed by atoms with van der Waals surface area (Å²) in [5, 5.41) is 19.2. The highest BCUT2D eigenvalue weighted by Gasteiger charge is 2.27. The van der Waals surface area contributed by atoms with E-state index in [0.717, 1.165) is 112 Å². The molecule has 1 unspecified atom stereocenters. The van der Waals surface area contributed by atoms with Crippen molar-refractivity contribution in [2.24, 2.45) is 0 Å². The SMILES string of the molecule is C=CC(=O)Nc1cc(-c2c(-c3ccc(N4CCN(C)CC4)cc3)[nH]c3ncc(Cl)c(C)c23)ccc1Cn1c(-c2ccc(N(C)CCN(C)C)cc2)c(-c2ccc(C)c(NC(O)C=C)c2)c2cc(C(=O)OC(C)C)cnc21. The fourth-order valence-corrected chi connectivity index (χ4v) is 10.0. The van der Waals surface area contributed by atoms with Crippen LogP contribution in [-0.4, -0.2) is 126 Å². The molecule has 1 saturated heterocycles. The van der Waals surface area contributed by atoms with Gasteiger partial charge in [-0.25, -0.2) is 14.8 Å². The second-order valence-corrected chi connectivity index (χ2v) is 20.6. The Labute approximate surface area is 450 Å². The summed E-state index contributed by atoms with van der Waals surface area (Å²) < 4.78 is 7.86. The molecular weight excluding hydrogens is 972 g/mol. The zero-order chi connectivity index (χ0) is 53.9. The molecule has 15 heteroatoms. The van der Waals surface area contributed by atoms with Gasteiger partial charge in [-0.15, -0.1) is 0 Å². The first kappa shape index (κ1) is 53.1. The molecule has 1 amide bonds. The van der Waals surface area contributed by atoms with Crippen LogP contribution in [0.1, 0.15) is 40.9 Å². The first-order valence-electron chi connectivity index (χ1n) is 25.7. The van der Waals surface area contributed by atoms with Crippen molar-refractivity contribution in [1.29, 1.82) is 0 Å². The standard InChI is InChI=1S/C61H67ClN10O4/c1-11-52(73)65-50-32-42(14-13-38(50)5)55-48-31-45(61(75)76-37(3)4)34-64-60(48)72(58(55)41-19-21-46(22-20-41)70(10)28-25-68(7)8)36-44-16-15-43(33-51(44)66-53(74)12-2)56-54-39(6)49(62)35-63-59(54)67-57(56)40-17-23-47(24-18-40)71-29-26-69(9)27-30-71/h11-24,31-35,37,52,65,73H,1-2,25-30,36H2,3-10H3,(H,63,67)(H,66,74). The number of amides is 1. The van der Waals surface area contributed by atoms with Gasteiger partial charge in [0, 0.05) is 103 Å². The van der Waals surface area contributed by atoms with Gasteiger partial charge in [0.1, 0.15) is 17.5 Å². The molecule has 0 bridgehead atoms.